The van der Waals surface area contributed by atoms with E-state index in [1.165, 1.54) is 12.8 Å². The van der Waals surface area contributed by atoms with Crippen LogP contribution in [0.3, 0.4) is 0 Å². The topological polar surface area (TPSA) is 62.3 Å². The number of amidine groups is 1. The van der Waals surface area contributed by atoms with E-state index < -0.39 is 0 Å². The van der Waals surface area contributed by atoms with E-state index in [9.17, 15) is 0 Å². The number of hydrogen-bond acceptors (Lipinski definition) is 3. The molecule has 15 heavy (non-hydrogen) atoms. The molecule has 1 unspecified atom stereocenters. The van der Waals surface area contributed by atoms with Crippen LogP contribution in [-0.2, 0) is 4.74 Å². The van der Waals surface area contributed by atoms with Crippen molar-refractivity contribution in [1.29, 1.82) is 5.41 Å². The van der Waals surface area contributed by atoms with Crippen molar-refractivity contribution in [3.05, 3.63) is 0 Å². The molecular formula is C11H21N3O. The van der Waals surface area contributed by atoms with Crippen molar-refractivity contribution in [2.24, 2.45) is 11.1 Å². The molecule has 1 heterocycles. The summed E-state index contributed by atoms with van der Waals surface area (Å²) in [5.74, 6) is 0.341. The second-order valence-corrected chi connectivity index (χ2v) is 5.10. The van der Waals surface area contributed by atoms with Crippen LogP contribution >= 0.6 is 0 Å². The van der Waals surface area contributed by atoms with Crippen LogP contribution in [0.1, 0.15) is 26.2 Å². The van der Waals surface area contributed by atoms with Gasteiger partial charge in [0.2, 0.25) is 0 Å². The van der Waals surface area contributed by atoms with Crippen molar-refractivity contribution < 1.29 is 4.74 Å². The number of nitrogens with zero attached hydrogens (tertiary/aromatic N) is 1. The Morgan fingerprint density at radius 2 is 2.33 bits per heavy atom. The lowest BCUT2D eigenvalue weighted by molar-refractivity contribution is -0.00896. The first-order chi connectivity index (χ1) is 7.11. The third-order valence-corrected chi connectivity index (χ3v) is 3.57. The van der Waals surface area contributed by atoms with E-state index in [1.807, 2.05) is 0 Å². The number of morpholine rings is 1. The highest BCUT2D eigenvalue weighted by Crippen LogP contribution is 2.49. The molecule has 86 valence electrons. The van der Waals surface area contributed by atoms with Gasteiger partial charge in [-0.25, -0.2) is 0 Å². The Labute approximate surface area is 91.3 Å². The normalized spacial score (nSPS) is 30.1. The molecule has 0 aromatic carbocycles. The number of rotatable bonds is 4. The van der Waals surface area contributed by atoms with Gasteiger partial charge in [0.15, 0.2) is 0 Å². The van der Waals surface area contributed by atoms with Gasteiger partial charge < -0.3 is 10.5 Å². The minimum absolute atomic E-state index is 0.331. The van der Waals surface area contributed by atoms with Crippen molar-refractivity contribution in [1.82, 2.24) is 4.90 Å². The van der Waals surface area contributed by atoms with E-state index in [-0.39, 0.29) is 0 Å². The van der Waals surface area contributed by atoms with Crippen LogP contribution in [0.4, 0.5) is 0 Å². The molecule has 2 rings (SSSR count). The van der Waals surface area contributed by atoms with Crippen molar-refractivity contribution >= 4 is 5.84 Å². The van der Waals surface area contributed by atoms with Gasteiger partial charge in [0, 0.05) is 25.6 Å². The van der Waals surface area contributed by atoms with E-state index in [0.29, 0.717) is 17.3 Å². The maximum atomic E-state index is 7.39. The summed E-state index contributed by atoms with van der Waals surface area (Å²) in [4.78, 5) is 2.49. The molecule has 0 aromatic heterocycles. The van der Waals surface area contributed by atoms with Crippen LogP contribution in [-0.4, -0.2) is 43.1 Å². The Bertz CT molecular complexity index is 250. The van der Waals surface area contributed by atoms with Crippen LogP contribution in [0.15, 0.2) is 0 Å². The van der Waals surface area contributed by atoms with Gasteiger partial charge in [0.25, 0.3) is 0 Å². The summed E-state index contributed by atoms with van der Waals surface area (Å²) in [5, 5.41) is 7.39. The lowest BCUT2D eigenvalue weighted by Gasteiger charge is -2.35. The second kappa shape index (κ2) is 4.10. The minimum atomic E-state index is 0.331. The van der Waals surface area contributed by atoms with Crippen LogP contribution in [0.5, 0.6) is 0 Å². The monoisotopic (exact) mass is 211 g/mol. The zero-order chi connectivity index (χ0) is 10.9. The SMILES string of the molecule is CC1COCCN1CC1(CC(=N)N)CC1. The predicted molar refractivity (Wildman–Crippen MR) is 60.1 cm³/mol. The van der Waals surface area contributed by atoms with Gasteiger partial charge in [-0.2, -0.15) is 0 Å². The zero-order valence-electron chi connectivity index (χ0n) is 9.46. The van der Waals surface area contributed by atoms with Crippen LogP contribution in [0.2, 0.25) is 0 Å². The van der Waals surface area contributed by atoms with Crippen molar-refractivity contribution in [3.8, 4) is 0 Å². The summed E-state index contributed by atoms with van der Waals surface area (Å²) >= 11 is 0. The third-order valence-electron chi connectivity index (χ3n) is 3.57. The molecule has 3 N–H and O–H groups in total. The molecule has 1 saturated heterocycles. The average molecular weight is 211 g/mol. The molecule has 4 heteroatoms. The first-order valence-electron chi connectivity index (χ1n) is 5.76. The molecule has 2 fully saturated rings. The third kappa shape index (κ3) is 2.69. The minimum Gasteiger partial charge on any atom is -0.388 e. The fraction of sp³-hybridized carbons (Fsp3) is 0.909. The van der Waals surface area contributed by atoms with Crippen LogP contribution in [0.25, 0.3) is 0 Å². The van der Waals surface area contributed by atoms with Gasteiger partial charge in [-0.3, -0.25) is 10.3 Å². The van der Waals surface area contributed by atoms with Crippen molar-refractivity contribution in [2.75, 3.05) is 26.3 Å². The van der Waals surface area contributed by atoms with E-state index in [2.05, 4.69) is 11.8 Å². The van der Waals surface area contributed by atoms with Crippen LogP contribution < -0.4 is 5.73 Å². The quantitative estimate of drug-likeness (QED) is 0.534. The second-order valence-electron chi connectivity index (χ2n) is 5.10. The van der Waals surface area contributed by atoms with E-state index in [0.717, 1.165) is 32.7 Å². The number of hydrogen-bond donors (Lipinski definition) is 2. The lowest BCUT2D eigenvalue weighted by atomic mass is 10.00. The molecular weight excluding hydrogens is 190 g/mol. The van der Waals surface area contributed by atoms with E-state index in [1.54, 1.807) is 0 Å². The summed E-state index contributed by atoms with van der Waals surface area (Å²) < 4.78 is 5.42. The first kappa shape index (κ1) is 10.9. The summed E-state index contributed by atoms with van der Waals surface area (Å²) in [6, 6.07) is 0.517. The van der Waals surface area contributed by atoms with Gasteiger partial charge >= 0.3 is 0 Å². The highest BCUT2D eigenvalue weighted by atomic mass is 16.5. The maximum absolute atomic E-state index is 7.39. The average Bonchev–Trinajstić information content (AvgIpc) is 2.88. The van der Waals surface area contributed by atoms with Gasteiger partial charge in [-0.05, 0) is 25.2 Å². The molecule has 0 bridgehead atoms. The summed E-state index contributed by atoms with van der Waals surface area (Å²) in [6.45, 7) is 6.03. The Kier molecular flexibility index (Phi) is 2.98. The van der Waals surface area contributed by atoms with Crippen molar-refractivity contribution in [2.45, 2.75) is 32.2 Å². The Hall–Kier alpha value is -0.610. The highest BCUT2D eigenvalue weighted by molar-refractivity contribution is 5.78. The molecule has 0 radical (unpaired) electrons. The molecule has 0 amide bonds. The molecule has 1 saturated carbocycles. The first-order valence-corrected chi connectivity index (χ1v) is 5.76. The van der Waals surface area contributed by atoms with E-state index in [4.69, 9.17) is 15.9 Å². The smallest absolute Gasteiger partial charge is 0.0911 e. The highest BCUT2D eigenvalue weighted by Gasteiger charge is 2.45. The summed E-state index contributed by atoms with van der Waals surface area (Å²) in [7, 11) is 0. The van der Waals surface area contributed by atoms with Gasteiger partial charge in [0.1, 0.15) is 0 Å². The molecule has 1 atom stereocenters. The summed E-state index contributed by atoms with van der Waals surface area (Å²) in [6.07, 6.45) is 3.24. The predicted octanol–water partition coefficient (Wildman–Crippen LogP) is 0.813. The Balaban J connectivity index is 1.87. The van der Waals surface area contributed by atoms with Gasteiger partial charge in [-0.15, -0.1) is 0 Å². The Morgan fingerprint density at radius 1 is 1.60 bits per heavy atom. The molecule has 1 aliphatic carbocycles. The molecule has 0 aromatic rings. The Morgan fingerprint density at radius 3 is 2.87 bits per heavy atom. The largest absolute Gasteiger partial charge is 0.388 e. The fourth-order valence-electron chi connectivity index (χ4n) is 2.40. The standard InChI is InChI=1S/C11H21N3O/c1-9-7-15-5-4-14(9)8-11(2-3-11)6-10(12)13/h9H,2-8H2,1H3,(H3,12,13). The van der Waals surface area contributed by atoms with Gasteiger partial charge in [-0.1, -0.05) is 0 Å². The molecule has 0 spiro atoms. The van der Waals surface area contributed by atoms with E-state index >= 15 is 0 Å². The number of nitrogens with one attached hydrogen (secondary N) is 1. The number of ether oxygens (including phenoxy) is 1. The zero-order valence-corrected chi connectivity index (χ0v) is 9.46. The number of nitrogens with two attached hydrogens (primary N) is 1. The van der Waals surface area contributed by atoms with Crippen molar-refractivity contribution in [3.63, 3.8) is 0 Å². The molecule has 4 nitrogen and oxygen atoms in total. The van der Waals surface area contributed by atoms with Gasteiger partial charge in [0.05, 0.1) is 19.0 Å². The maximum Gasteiger partial charge on any atom is 0.0911 e. The molecule has 1 aliphatic heterocycles. The lowest BCUT2D eigenvalue weighted by Crippen LogP contribution is -2.46. The summed E-state index contributed by atoms with van der Waals surface area (Å²) in [5.41, 5.74) is 5.83. The fourth-order valence-corrected chi connectivity index (χ4v) is 2.40. The molecule has 2 aliphatic rings. The van der Waals surface area contributed by atoms with Crippen LogP contribution in [0, 0.1) is 10.8 Å².